The largest absolute Gasteiger partial charge is 0.380 e. The molecule has 20 heavy (non-hydrogen) atoms. The Bertz CT molecular complexity index is 588. The molecule has 1 atom stereocenters. The molecule has 0 spiro atoms. The molecule has 0 aliphatic carbocycles. The summed E-state index contributed by atoms with van der Waals surface area (Å²) in [6, 6.07) is 12.6. The Morgan fingerprint density at radius 1 is 1.20 bits per heavy atom. The van der Waals surface area contributed by atoms with Gasteiger partial charge in [-0.2, -0.15) is 0 Å². The molecule has 0 aliphatic rings. The van der Waals surface area contributed by atoms with Crippen molar-refractivity contribution in [1.82, 2.24) is 0 Å². The normalized spacial score (nSPS) is 12.2. The minimum atomic E-state index is -0.198. The lowest BCUT2D eigenvalue weighted by atomic mass is 10.1. The number of hydrogen-bond donors (Lipinski definition) is 1. The fourth-order valence-corrected chi connectivity index (χ4v) is 2.60. The second-order valence-corrected chi connectivity index (χ2v) is 5.44. The molecule has 0 amide bonds. The molecular weight excluding hydrogens is 321 g/mol. The van der Waals surface area contributed by atoms with Crippen molar-refractivity contribution >= 4 is 21.6 Å². The van der Waals surface area contributed by atoms with E-state index < -0.39 is 0 Å². The van der Waals surface area contributed by atoms with Crippen LogP contribution in [0, 0.1) is 5.82 Å². The molecule has 0 radical (unpaired) electrons. The summed E-state index contributed by atoms with van der Waals surface area (Å²) in [5.74, 6) is -0.198. The number of nitrogens with one attached hydrogen (secondary N) is 1. The topological polar surface area (TPSA) is 21.3 Å². The minimum Gasteiger partial charge on any atom is -0.380 e. The smallest absolute Gasteiger partial charge is 0.128 e. The summed E-state index contributed by atoms with van der Waals surface area (Å²) in [6.07, 6.45) is 0. The number of hydrogen-bond acceptors (Lipinski definition) is 2. The highest BCUT2D eigenvalue weighted by atomic mass is 79.9. The van der Waals surface area contributed by atoms with Crippen molar-refractivity contribution in [2.24, 2.45) is 0 Å². The number of benzene rings is 2. The maximum atomic E-state index is 13.8. The number of methoxy groups -OCH3 is 1. The van der Waals surface area contributed by atoms with E-state index in [2.05, 4.69) is 21.2 Å². The van der Waals surface area contributed by atoms with E-state index in [1.807, 2.05) is 31.2 Å². The number of rotatable bonds is 5. The lowest BCUT2D eigenvalue weighted by molar-refractivity contribution is 0.185. The van der Waals surface area contributed by atoms with Gasteiger partial charge in [-0.3, -0.25) is 0 Å². The van der Waals surface area contributed by atoms with Crippen molar-refractivity contribution < 1.29 is 9.13 Å². The van der Waals surface area contributed by atoms with Gasteiger partial charge in [0.25, 0.3) is 0 Å². The predicted octanol–water partition coefficient (Wildman–Crippen LogP) is 4.91. The monoisotopic (exact) mass is 337 g/mol. The molecule has 0 aromatic heterocycles. The second-order valence-electron chi connectivity index (χ2n) is 4.59. The highest BCUT2D eigenvalue weighted by Gasteiger charge is 2.13. The molecule has 0 aliphatic heterocycles. The van der Waals surface area contributed by atoms with Crippen LogP contribution in [-0.2, 0) is 11.3 Å². The summed E-state index contributed by atoms with van der Waals surface area (Å²) in [5.41, 5.74) is 2.62. The first-order valence-electron chi connectivity index (χ1n) is 6.40. The SMILES string of the molecule is COCc1c(Br)cccc1NC(C)c1ccccc1F. The molecular formula is C16H17BrFNO. The zero-order chi connectivity index (χ0) is 14.5. The number of ether oxygens (including phenoxy) is 1. The van der Waals surface area contributed by atoms with Crippen LogP contribution in [0.4, 0.5) is 10.1 Å². The zero-order valence-electron chi connectivity index (χ0n) is 11.5. The van der Waals surface area contributed by atoms with Crippen molar-refractivity contribution in [3.63, 3.8) is 0 Å². The lowest BCUT2D eigenvalue weighted by Crippen LogP contribution is -2.10. The first kappa shape index (κ1) is 15.0. The summed E-state index contributed by atoms with van der Waals surface area (Å²) < 4.78 is 20.0. The van der Waals surface area contributed by atoms with Gasteiger partial charge in [-0.25, -0.2) is 4.39 Å². The van der Waals surface area contributed by atoms with Crippen LogP contribution < -0.4 is 5.32 Å². The van der Waals surface area contributed by atoms with E-state index in [-0.39, 0.29) is 11.9 Å². The maximum absolute atomic E-state index is 13.8. The van der Waals surface area contributed by atoms with Crippen LogP contribution in [0.2, 0.25) is 0 Å². The van der Waals surface area contributed by atoms with Gasteiger partial charge in [0.05, 0.1) is 12.6 Å². The van der Waals surface area contributed by atoms with Crippen LogP contribution in [0.25, 0.3) is 0 Å². The Kier molecular flexibility index (Phi) is 5.15. The van der Waals surface area contributed by atoms with E-state index in [0.717, 1.165) is 15.7 Å². The van der Waals surface area contributed by atoms with Gasteiger partial charge in [-0.15, -0.1) is 0 Å². The van der Waals surface area contributed by atoms with E-state index >= 15 is 0 Å². The Hall–Kier alpha value is -1.39. The Labute approximate surface area is 127 Å². The fraction of sp³-hybridized carbons (Fsp3) is 0.250. The van der Waals surface area contributed by atoms with Crippen molar-refractivity contribution in [3.8, 4) is 0 Å². The van der Waals surface area contributed by atoms with Crippen LogP contribution in [0.1, 0.15) is 24.1 Å². The first-order chi connectivity index (χ1) is 9.63. The number of halogens is 2. The zero-order valence-corrected chi connectivity index (χ0v) is 13.1. The van der Waals surface area contributed by atoms with Gasteiger partial charge < -0.3 is 10.1 Å². The van der Waals surface area contributed by atoms with E-state index in [1.165, 1.54) is 6.07 Å². The van der Waals surface area contributed by atoms with E-state index in [4.69, 9.17) is 4.74 Å². The summed E-state index contributed by atoms with van der Waals surface area (Å²) in [4.78, 5) is 0. The van der Waals surface area contributed by atoms with Crippen molar-refractivity contribution in [1.29, 1.82) is 0 Å². The van der Waals surface area contributed by atoms with E-state index in [9.17, 15) is 4.39 Å². The first-order valence-corrected chi connectivity index (χ1v) is 7.20. The molecule has 2 aromatic rings. The predicted molar refractivity (Wildman–Crippen MR) is 83.3 cm³/mol. The van der Waals surface area contributed by atoms with Gasteiger partial charge in [0, 0.05) is 28.4 Å². The third kappa shape index (κ3) is 3.38. The van der Waals surface area contributed by atoms with Crippen LogP contribution in [0.3, 0.4) is 0 Å². The summed E-state index contributed by atoms with van der Waals surface area (Å²) in [5, 5.41) is 3.34. The molecule has 0 saturated heterocycles. The molecule has 2 rings (SSSR count). The van der Waals surface area contributed by atoms with Gasteiger partial charge in [-0.1, -0.05) is 40.2 Å². The number of anilines is 1. The molecule has 2 nitrogen and oxygen atoms in total. The van der Waals surface area contributed by atoms with Gasteiger partial charge in [0.1, 0.15) is 5.82 Å². The average molecular weight is 338 g/mol. The summed E-state index contributed by atoms with van der Waals surface area (Å²) in [6.45, 7) is 2.43. The molecule has 2 aromatic carbocycles. The van der Waals surface area contributed by atoms with Gasteiger partial charge in [-0.05, 0) is 25.1 Å². The molecule has 0 bridgehead atoms. The van der Waals surface area contributed by atoms with Gasteiger partial charge >= 0.3 is 0 Å². The molecule has 0 saturated carbocycles. The molecule has 1 unspecified atom stereocenters. The standard InChI is InChI=1S/C16H17BrFNO/c1-11(12-6-3-4-8-15(12)18)19-16-9-5-7-14(17)13(16)10-20-2/h3-9,11,19H,10H2,1-2H3. The second kappa shape index (κ2) is 6.86. The maximum Gasteiger partial charge on any atom is 0.128 e. The summed E-state index contributed by atoms with van der Waals surface area (Å²) in [7, 11) is 1.66. The lowest BCUT2D eigenvalue weighted by Gasteiger charge is -2.19. The molecule has 1 N–H and O–H groups in total. The fourth-order valence-electron chi connectivity index (χ4n) is 2.12. The molecule has 0 heterocycles. The van der Waals surface area contributed by atoms with Crippen molar-refractivity contribution in [2.45, 2.75) is 19.6 Å². The Morgan fingerprint density at radius 2 is 1.95 bits per heavy atom. The van der Waals surface area contributed by atoms with Crippen molar-refractivity contribution in [3.05, 3.63) is 63.9 Å². The van der Waals surface area contributed by atoms with E-state index in [1.54, 1.807) is 19.2 Å². The van der Waals surface area contributed by atoms with Crippen molar-refractivity contribution in [2.75, 3.05) is 12.4 Å². The van der Waals surface area contributed by atoms with Crippen LogP contribution in [0.5, 0.6) is 0 Å². The molecule has 106 valence electrons. The van der Waals surface area contributed by atoms with Gasteiger partial charge in [0.15, 0.2) is 0 Å². The molecule has 4 heteroatoms. The van der Waals surface area contributed by atoms with Crippen LogP contribution >= 0.6 is 15.9 Å². The molecule has 0 fully saturated rings. The van der Waals surface area contributed by atoms with E-state index in [0.29, 0.717) is 12.2 Å². The average Bonchev–Trinajstić information content (AvgIpc) is 2.43. The highest BCUT2D eigenvalue weighted by Crippen LogP contribution is 2.29. The highest BCUT2D eigenvalue weighted by molar-refractivity contribution is 9.10. The third-order valence-corrected chi connectivity index (χ3v) is 3.89. The van der Waals surface area contributed by atoms with Crippen LogP contribution in [-0.4, -0.2) is 7.11 Å². The van der Waals surface area contributed by atoms with Crippen LogP contribution in [0.15, 0.2) is 46.9 Å². The minimum absolute atomic E-state index is 0.124. The third-order valence-electron chi connectivity index (χ3n) is 3.15. The summed E-state index contributed by atoms with van der Waals surface area (Å²) >= 11 is 3.51. The quantitative estimate of drug-likeness (QED) is 0.837. The Balaban J connectivity index is 2.26. The Morgan fingerprint density at radius 3 is 2.65 bits per heavy atom. The van der Waals surface area contributed by atoms with Gasteiger partial charge in [0.2, 0.25) is 0 Å².